The van der Waals surface area contributed by atoms with Gasteiger partial charge in [0, 0.05) is 12.1 Å². The van der Waals surface area contributed by atoms with Crippen molar-refractivity contribution in [1.29, 1.82) is 0 Å². The van der Waals surface area contributed by atoms with Crippen molar-refractivity contribution in [3.8, 4) is 22.5 Å². The number of nitrogen functional groups attached to an aromatic ring is 1. The number of primary sulfonamides is 1. The average Bonchev–Trinajstić information content (AvgIpc) is 3.52. The SMILES string of the molecule is Nc1nc2c(-c3ccc(S(=O)(=O)[C@H]4CCNC4)c(S(N)(=O)=O)c3-c3nn[nH]n3)cccc2o1. The second kappa shape index (κ2) is 7.58. The number of sulfonamides is 1. The Morgan fingerprint density at radius 2 is 1.91 bits per heavy atom. The van der Waals surface area contributed by atoms with Gasteiger partial charge in [-0.2, -0.15) is 10.2 Å². The molecular formula is C18H18N8O5S2. The molecule has 4 aromatic rings. The van der Waals surface area contributed by atoms with Gasteiger partial charge in [0.15, 0.2) is 15.4 Å². The Morgan fingerprint density at radius 1 is 1.09 bits per heavy atom. The molecule has 2 aromatic carbocycles. The van der Waals surface area contributed by atoms with Crippen molar-refractivity contribution in [2.75, 3.05) is 18.8 Å². The minimum absolute atomic E-state index is 0.0850. The molecule has 1 fully saturated rings. The molecule has 5 rings (SSSR count). The number of nitrogens with zero attached hydrogens (tertiary/aromatic N) is 4. The molecule has 6 N–H and O–H groups in total. The quantitative estimate of drug-likeness (QED) is 0.293. The second-order valence-electron chi connectivity index (χ2n) is 7.46. The number of fused-ring (bicyclic) bond motifs is 1. The Bertz CT molecular complexity index is 1570. The summed E-state index contributed by atoms with van der Waals surface area (Å²) in [6.07, 6.45) is 0.337. The Hall–Kier alpha value is -3.40. The Balaban J connectivity index is 1.90. The van der Waals surface area contributed by atoms with Crippen molar-refractivity contribution in [3.05, 3.63) is 30.3 Å². The number of nitrogens with two attached hydrogens (primary N) is 2. The van der Waals surface area contributed by atoms with Gasteiger partial charge in [-0.15, -0.1) is 10.2 Å². The van der Waals surface area contributed by atoms with Crippen LogP contribution in [0.4, 0.5) is 6.01 Å². The largest absolute Gasteiger partial charge is 0.424 e. The highest BCUT2D eigenvalue weighted by atomic mass is 32.2. The lowest BCUT2D eigenvalue weighted by Gasteiger charge is -2.18. The fourth-order valence-corrected chi connectivity index (χ4v) is 7.31. The van der Waals surface area contributed by atoms with E-state index in [2.05, 4.69) is 30.9 Å². The Kier molecular flexibility index (Phi) is 4.93. The molecule has 0 bridgehead atoms. The first kappa shape index (κ1) is 21.4. The highest BCUT2D eigenvalue weighted by Gasteiger charge is 2.37. The van der Waals surface area contributed by atoms with E-state index in [-0.39, 0.29) is 29.5 Å². The van der Waals surface area contributed by atoms with Crippen LogP contribution in [0.5, 0.6) is 0 Å². The van der Waals surface area contributed by atoms with Crippen molar-refractivity contribution in [1.82, 2.24) is 30.9 Å². The van der Waals surface area contributed by atoms with Gasteiger partial charge in [0.05, 0.1) is 15.7 Å². The smallest absolute Gasteiger partial charge is 0.293 e. The van der Waals surface area contributed by atoms with Gasteiger partial charge in [0.25, 0.3) is 6.01 Å². The van der Waals surface area contributed by atoms with Crippen molar-refractivity contribution in [2.45, 2.75) is 21.5 Å². The number of hydrogen-bond acceptors (Lipinski definition) is 11. The zero-order chi connectivity index (χ0) is 23.4. The molecular weight excluding hydrogens is 472 g/mol. The fourth-order valence-electron chi connectivity index (χ4n) is 4.04. The van der Waals surface area contributed by atoms with Gasteiger partial charge >= 0.3 is 0 Å². The van der Waals surface area contributed by atoms with Crippen LogP contribution in [0.15, 0.2) is 44.5 Å². The third-order valence-electron chi connectivity index (χ3n) is 5.46. The first-order chi connectivity index (χ1) is 15.7. The molecule has 2 aromatic heterocycles. The summed E-state index contributed by atoms with van der Waals surface area (Å²) in [5.74, 6) is -0.149. The highest BCUT2D eigenvalue weighted by molar-refractivity contribution is 7.94. The van der Waals surface area contributed by atoms with Crippen molar-refractivity contribution in [3.63, 3.8) is 0 Å². The third-order valence-corrected chi connectivity index (χ3v) is 8.82. The zero-order valence-electron chi connectivity index (χ0n) is 16.9. The number of sulfone groups is 1. The van der Waals surface area contributed by atoms with E-state index in [1.165, 1.54) is 12.1 Å². The molecule has 0 spiro atoms. The number of para-hydroxylation sites is 1. The maximum atomic E-state index is 13.4. The second-order valence-corrected chi connectivity index (χ2v) is 11.2. The van der Waals surface area contributed by atoms with E-state index in [0.717, 1.165) is 0 Å². The van der Waals surface area contributed by atoms with Crippen LogP contribution in [-0.4, -0.2) is 60.8 Å². The lowest BCUT2D eigenvalue weighted by Crippen LogP contribution is -2.27. The number of nitrogens with one attached hydrogen (secondary N) is 2. The van der Waals surface area contributed by atoms with E-state index < -0.39 is 34.9 Å². The summed E-state index contributed by atoms with van der Waals surface area (Å²) in [5.41, 5.74) is 6.97. The van der Waals surface area contributed by atoms with Crippen LogP contribution >= 0.6 is 0 Å². The fraction of sp³-hybridized carbons (Fsp3) is 0.222. The molecule has 1 saturated heterocycles. The molecule has 33 heavy (non-hydrogen) atoms. The zero-order valence-corrected chi connectivity index (χ0v) is 18.5. The van der Waals surface area contributed by atoms with Crippen molar-refractivity contribution >= 4 is 37.0 Å². The number of H-pyrrole nitrogens is 1. The van der Waals surface area contributed by atoms with Gasteiger partial charge in [-0.1, -0.05) is 18.2 Å². The normalized spacial score (nSPS) is 17.1. The summed E-state index contributed by atoms with van der Waals surface area (Å²) in [4.78, 5) is 3.15. The van der Waals surface area contributed by atoms with Gasteiger partial charge in [-0.3, -0.25) is 0 Å². The van der Waals surface area contributed by atoms with Crippen LogP contribution in [0.3, 0.4) is 0 Å². The molecule has 0 unspecified atom stereocenters. The van der Waals surface area contributed by atoms with E-state index in [4.69, 9.17) is 15.3 Å². The first-order valence-corrected chi connectivity index (χ1v) is 12.8. The van der Waals surface area contributed by atoms with E-state index in [9.17, 15) is 16.8 Å². The molecule has 1 aliphatic rings. The van der Waals surface area contributed by atoms with Gasteiger partial charge in [0.1, 0.15) is 10.4 Å². The van der Waals surface area contributed by atoms with Crippen LogP contribution in [-0.2, 0) is 19.9 Å². The Labute approximate surface area is 187 Å². The summed E-state index contributed by atoms with van der Waals surface area (Å²) in [6.45, 7) is 0.698. The number of hydrogen-bond donors (Lipinski definition) is 4. The average molecular weight is 491 g/mol. The van der Waals surface area contributed by atoms with E-state index in [1.54, 1.807) is 18.2 Å². The number of anilines is 1. The van der Waals surface area contributed by atoms with Gasteiger partial charge < -0.3 is 15.5 Å². The number of tetrazole rings is 1. The summed E-state index contributed by atoms with van der Waals surface area (Å²) >= 11 is 0. The Morgan fingerprint density at radius 3 is 2.58 bits per heavy atom. The molecule has 1 atom stereocenters. The monoisotopic (exact) mass is 490 g/mol. The topological polar surface area (TPSA) is 213 Å². The molecule has 1 aliphatic heterocycles. The molecule has 13 nitrogen and oxygen atoms in total. The standard InChI is InChI=1S/C18H18N8O5S2/c19-18-22-15-11(2-1-3-12(15)31-18)10-4-5-13(32(27,28)9-6-7-21-8-9)16(33(20,29)30)14(10)17-23-25-26-24-17/h1-5,9,21H,6-8H2,(H2,19,22)(H2,20,29,30)(H,23,24,25,26)/t9-/m0/s1. The molecule has 0 amide bonds. The maximum absolute atomic E-state index is 13.4. The van der Waals surface area contributed by atoms with E-state index in [1.807, 2.05) is 0 Å². The lowest BCUT2D eigenvalue weighted by atomic mass is 9.98. The highest BCUT2D eigenvalue weighted by Crippen LogP contribution is 2.42. The van der Waals surface area contributed by atoms with Crippen LogP contribution in [0, 0.1) is 0 Å². The van der Waals surface area contributed by atoms with Crippen LogP contribution in [0.1, 0.15) is 6.42 Å². The molecule has 0 saturated carbocycles. The third kappa shape index (κ3) is 3.54. The molecule has 0 radical (unpaired) electrons. The van der Waals surface area contributed by atoms with Crippen molar-refractivity contribution < 1.29 is 21.3 Å². The molecule has 0 aliphatic carbocycles. The van der Waals surface area contributed by atoms with Gasteiger partial charge in [0.2, 0.25) is 15.8 Å². The maximum Gasteiger partial charge on any atom is 0.293 e. The lowest BCUT2D eigenvalue weighted by molar-refractivity contribution is 0.574. The van der Waals surface area contributed by atoms with Gasteiger partial charge in [-0.25, -0.2) is 22.0 Å². The number of rotatable bonds is 5. The first-order valence-electron chi connectivity index (χ1n) is 9.71. The number of oxazole rings is 1. The minimum Gasteiger partial charge on any atom is -0.424 e. The molecule has 15 heteroatoms. The molecule has 3 heterocycles. The van der Waals surface area contributed by atoms with Crippen LogP contribution in [0.2, 0.25) is 0 Å². The summed E-state index contributed by atoms with van der Waals surface area (Å²) in [6, 6.07) is 7.57. The predicted molar refractivity (Wildman–Crippen MR) is 117 cm³/mol. The summed E-state index contributed by atoms with van der Waals surface area (Å²) in [5, 5.41) is 21.3. The van der Waals surface area contributed by atoms with Crippen LogP contribution in [0.25, 0.3) is 33.6 Å². The van der Waals surface area contributed by atoms with E-state index >= 15 is 0 Å². The van der Waals surface area contributed by atoms with E-state index in [0.29, 0.717) is 29.6 Å². The minimum atomic E-state index is -4.57. The number of benzene rings is 2. The summed E-state index contributed by atoms with van der Waals surface area (Å²) in [7, 11) is -8.64. The number of aromatic nitrogens is 5. The van der Waals surface area contributed by atoms with Crippen molar-refractivity contribution in [2.24, 2.45) is 5.14 Å². The predicted octanol–water partition coefficient (Wildman–Crippen LogP) is 0.0401. The van der Waals surface area contributed by atoms with Crippen LogP contribution < -0.4 is 16.2 Å². The molecule has 172 valence electrons. The summed E-state index contributed by atoms with van der Waals surface area (Å²) < 4.78 is 57.9. The number of aromatic amines is 1. The van der Waals surface area contributed by atoms with Gasteiger partial charge in [-0.05, 0) is 35.9 Å².